The van der Waals surface area contributed by atoms with Gasteiger partial charge < -0.3 is 10.2 Å². The summed E-state index contributed by atoms with van der Waals surface area (Å²) in [6.45, 7) is 4.92. The Bertz CT molecular complexity index is 698. The van der Waals surface area contributed by atoms with E-state index in [0.717, 1.165) is 6.08 Å². The van der Waals surface area contributed by atoms with Crippen molar-refractivity contribution < 1.29 is 18.0 Å². The van der Waals surface area contributed by atoms with Gasteiger partial charge in [0, 0.05) is 12.7 Å². The van der Waals surface area contributed by atoms with Crippen LogP contribution < -0.4 is 10.0 Å². The molecule has 1 aromatic rings. The van der Waals surface area contributed by atoms with Crippen LogP contribution in [-0.2, 0) is 19.6 Å². The van der Waals surface area contributed by atoms with E-state index in [-0.39, 0.29) is 17.3 Å². The number of carbonyl (C=O) groups is 2. The van der Waals surface area contributed by atoms with E-state index < -0.39 is 15.9 Å². The molecule has 0 aliphatic heterocycles. The number of aryl methyl sites for hydroxylation is 1. The van der Waals surface area contributed by atoms with E-state index in [4.69, 9.17) is 0 Å². The van der Waals surface area contributed by atoms with Crippen molar-refractivity contribution in [3.63, 3.8) is 0 Å². The lowest BCUT2D eigenvalue weighted by molar-refractivity contribution is -0.129. The Morgan fingerprint density at radius 3 is 2.55 bits per heavy atom. The van der Waals surface area contributed by atoms with E-state index in [1.165, 1.54) is 31.1 Å². The molecule has 0 fully saturated rings. The number of nitrogens with zero attached hydrogens (tertiary/aromatic N) is 1. The van der Waals surface area contributed by atoms with E-state index in [1.54, 1.807) is 13.0 Å². The van der Waals surface area contributed by atoms with Gasteiger partial charge in [-0.05, 0) is 37.7 Å². The summed E-state index contributed by atoms with van der Waals surface area (Å²) in [6.07, 6.45) is 1.11. The van der Waals surface area contributed by atoms with Crippen LogP contribution in [-0.4, -0.2) is 45.8 Å². The van der Waals surface area contributed by atoms with Crippen molar-refractivity contribution in [3.8, 4) is 0 Å². The molecule has 2 amide bonds. The molecule has 0 bridgehead atoms. The second kappa shape index (κ2) is 7.19. The quantitative estimate of drug-likeness (QED) is 0.744. The summed E-state index contributed by atoms with van der Waals surface area (Å²) in [5.41, 5.74) is 1.09. The van der Waals surface area contributed by atoms with Crippen LogP contribution in [0.25, 0.3) is 0 Å². The maximum atomic E-state index is 11.9. The molecule has 0 aromatic heterocycles. The van der Waals surface area contributed by atoms with Crippen LogP contribution in [0.4, 0.5) is 5.69 Å². The third-order valence-electron chi connectivity index (χ3n) is 2.99. The first-order valence-electron chi connectivity index (χ1n) is 6.43. The van der Waals surface area contributed by atoms with Crippen LogP contribution in [0.15, 0.2) is 35.7 Å². The molecular formula is C14H19N3O4S. The van der Waals surface area contributed by atoms with Gasteiger partial charge in [-0.15, -0.1) is 0 Å². The minimum atomic E-state index is -3.59. The van der Waals surface area contributed by atoms with E-state index in [9.17, 15) is 18.0 Å². The van der Waals surface area contributed by atoms with Gasteiger partial charge in [0.1, 0.15) is 0 Å². The third-order valence-corrected chi connectivity index (χ3v) is 4.41. The number of hydrogen-bond acceptors (Lipinski definition) is 4. The average molecular weight is 325 g/mol. The van der Waals surface area contributed by atoms with Crippen LogP contribution in [0.2, 0.25) is 0 Å². The molecule has 0 heterocycles. The van der Waals surface area contributed by atoms with E-state index in [2.05, 4.69) is 16.6 Å². The van der Waals surface area contributed by atoms with Crippen molar-refractivity contribution in [2.45, 2.75) is 11.8 Å². The Morgan fingerprint density at radius 2 is 2.00 bits per heavy atom. The molecule has 0 unspecified atom stereocenters. The van der Waals surface area contributed by atoms with Gasteiger partial charge >= 0.3 is 0 Å². The molecule has 22 heavy (non-hydrogen) atoms. The van der Waals surface area contributed by atoms with Crippen molar-refractivity contribution >= 4 is 27.5 Å². The number of likely N-dealkylation sites (N-methyl/N-ethyl adjacent to an activating group) is 1. The molecule has 0 saturated carbocycles. The average Bonchev–Trinajstić information content (AvgIpc) is 2.48. The Morgan fingerprint density at radius 1 is 1.36 bits per heavy atom. The molecule has 0 aliphatic rings. The van der Waals surface area contributed by atoms with Gasteiger partial charge in [0.05, 0.1) is 11.4 Å². The minimum absolute atomic E-state index is 0.0476. The number of carbonyl (C=O) groups excluding carboxylic acids is 2. The lowest BCUT2D eigenvalue weighted by atomic mass is 10.2. The molecule has 120 valence electrons. The van der Waals surface area contributed by atoms with Gasteiger partial charge in [0.15, 0.2) is 0 Å². The molecular weight excluding hydrogens is 306 g/mol. The van der Waals surface area contributed by atoms with E-state index in [0.29, 0.717) is 11.3 Å². The molecule has 1 rings (SSSR count). The maximum absolute atomic E-state index is 11.9. The first kappa shape index (κ1) is 17.9. The summed E-state index contributed by atoms with van der Waals surface area (Å²) in [5, 5.41) is 2.60. The zero-order valence-corrected chi connectivity index (χ0v) is 13.5. The molecule has 2 N–H and O–H groups in total. The number of hydrogen-bond donors (Lipinski definition) is 2. The van der Waals surface area contributed by atoms with Crippen molar-refractivity contribution in [1.82, 2.24) is 9.62 Å². The largest absolute Gasteiger partial charge is 0.333 e. The molecule has 8 heteroatoms. The van der Waals surface area contributed by atoms with Gasteiger partial charge in [0.2, 0.25) is 21.8 Å². The fourth-order valence-corrected chi connectivity index (χ4v) is 2.42. The van der Waals surface area contributed by atoms with Crippen molar-refractivity contribution in [1.29, 1.82) is 0 Å². The van der Waals surface area contributed by atoms with Gasteiger partial charge in [0.25, 0.3) is 0 Å². The zero-order valence-electron chi connectivity index (χ0n) is 12.7. The maximum Gasteiger partial charge on any atom is 0.246 e. The van der Waals surface area contributed by atoms with Crippen LogP contribution in [0.1, 0.15) is 5.56 Å². The second-order valence-corrected chi connectivity index (χ2v) is 6.52. The second-order valence-electron chi connectivity index (χ2n) is 4.63. The standard InChI is InChI=1S/C14H19N3O4S/c1-5-14(19)17(4)9-13(18)16-12-8-11(7-6-10(12)2)22(20,21)15-3/h5-8,15H,1,9H2,2-4H3,(H,16,18). The van der Waals surface area contributed by atoms with Crippen LogP contribution in [0, 0.1) is 6.92 Å². The fraction of sp³-hybridized carbons (Fsp3) is 0.286. The number of anilines is 1. The number of sulfonamides is 1. The van der Waals surface area contributed by atoms with Crippen molar-refractivity contribution in [3.05, 3.63) is 36.4 Å². The third kappa shape index (κ3) is 4.40. The van der Waals surface area contributed by atoms with Gasteiger partial charge in [-0.1, -0.05) is 12.6 Å². The van der Waals surface area contributed by atoms with Crippen molar-refractivity contribution in [2.24, 2.45) is 0 Å². The Labute approximate surface area is 130 Å². The van der Waals surface area contributed by atoms with Crippen molar-refractivity contribution in [2.75, 3.05) is 26.0 Å². The highest BCUT2D eigenvalue weighted by atomic mass is 32.2. The summed E-state index contributed by atoms with van der Waals surface area (Å²) < 4.78 is 25.7. The normalized spacial score (nSPS) is 10.9. The van der Waals surface area contributed by atoms with E-state index >= 15 is 0 Å². The smallest absolute Gasteiger partial charge is 0.246 e. The topological polar surface area (TPSA) is 95.6 Å². The molecule has 0 spiro atoms. The van der Waals surface area contributed by atoms with Gasteiger partial charge in [-0.3, -0.25) is 9.59 Å². The summed E-state index contributed by atoms with van der Waals surface area (Å²) in [4.78, 5) is 24.5. The highest BCUT2D eigenvalue weighted by Gasteiger charge is 2.15. The number of amides is 2. The molecule has 7 nitrogen and oxygen atoms in total. The first-order chi connectivity index (χ1) is 10.2. The summed E-state index contributed by atoms with van der Waals surface area (Å²) in [6, 6.07) is 4.41. The predicted octanol–water partition coefficient (Wildman–Crippen LogP) is 0.486. The summed E-state index contributed by atoms with van der Waals surface area (Å²) >= 11 is 0. The Balaban J connectivity index is 2.94. The highest BCUT2D eigenvalue weighted by Crippen LogP contribution is 2.20. The molecule has 1 aromatic carbocycles. The first-order valence-corrected chi connectivity index (χ1v) is 7.91. The highest BCUT2D eigenvalue weighted by molar-refractivity contribution is 7.89. The van der Waals surface area contributed by atoms with Gasteiger partial charge in [-0.25, -0.2) is 13.1 Å². The lowest BCUT2D eigenvalue weighted by Gasteiger charge is -2.16. The number of benzene rings is 1. The van der Waals surface area contributed by atoms with Crippen LogP contribution in [0.3, 0.4) is 0 Å². The number of nitrogens with one attached hydrogen (secondary N) is 2. The molecule has 0 aliphatic carbocycles. The van der Waals surface area contributed by atoms with Crippen LogP contribution in [0.5, 0.6) is 0 Å². The zero-order chi connectivity index (χ0) is 16.9. The molecule has 0 radical (unpaired) electrons. The summed E-state index contributed by atoms with van der Waals surface area (Å²) in [5.74, 6) is -0.807. The minimum Gasteiger partial charge on any atom is -0.333 e. The predicted molar refractivity (Wildman–Crippen MR) is 83.9 cm³/mol. The van der Waals surface area contributed by atoms with E-state index in [1.807, 2.05) is 0 Å². The van der Waals surface area contributed by atoms with Gasteiger partial charge in [-0.2, -0.15) is 0 Å². The monoisotopic (exact) mass is 325 g/mol. The lowest BCUT2D eigenvalue weighted by Crippen LogP contribution is -2.34. The van der Waals surface area contributed by atoms with Crippen LogP contribution >= 0.6 is 0 Å². The molecule has 0 saturated heterocycles. The molecule has 0 atom stereocenters. The Hall–Kier alpha value is -2.19. The Kier molecular flexibility index (Phi) is 5.84. The number of rotatable bonds is 6. The summed E-state index contributed by atoms with van der Waals surface area (Å²) in [7, 11) is -0.813. The fourth-order valence-electron chi connectivity index (χ4n) is 1.66. The SMILES string of the molecule is C=CC(=O)N(C)CC(=O)Nc1cc(S(=O)(=O)NC)ccc1C.